The summed E-state index contributed by atoms with van der Waals surface area (Å²) in [6, 6.07) is 10.3. The number of halogens is 3. The molecule has 2 amide bonds. The standard InChI is InChI=1S/C25H31F2IN4O3/c1-2-32-7-6-31(16-25(32)35)15-24(34)30-22(11-18-8-19(26)12-20(27)9-18)23(33)14-29-13-17-4-3-5-21(28)10-17/h3-5,8-10,12,22-23,29,33H,2,6-7,11,13-16H2,1H3,(H,30,34)/t22-,23-/m0/s1. The molecule has 7 nitrogen and oxygen atoms in total. The third-order valence-corrected chi connectivity index (χ3v) is 6.58. The number of nitrogens with zero attached hydrogens (tertiary/aromatic N) is 2. The molecule has 1 aliphatic heterocycles. The summed E-state index contributed by atoms with van der Waals surface area (Å²) in [7, 11) is 0. The van der Waals surface area contributed by atoms with Gasteiger partial charge in [-0.2, -0.15) is 0 Å². The quantitative estimate of drug-likeness (QED) is 0.344. The number of hydrogen-bond acceptors (Lipinski definition) is 5. The normalized spacial score (nSPS) is 16.3. The molecule has 0 radical (unpaired) electrons. The summed E-state index contributed by atoms with van der Waals surface area (Å²) in [5.74, 6) is -1.83. The second-order valence-electron chi connectivity index (χ2n) is 8.67. The lowest BCUT2D eigenvalue weighted by Crippen LogP contribution is -2.55. The average Bonchev–Trinajstić information content (AvgIpc) is 2.78. The Kier molecular flexibility index (Phi) is 10.4. The van der Waals surface area contributed by atoms with Crippen molar-refractivity contribution >= 4 is 34.4 Å². The van der Waals surface area contributed by atoms with Gasteiger partial charge in [0.15, 0.2) is 0 Å². The smallest absolute Gasteiger partial charge is 0.236 e. The van der Waals surface area contributed by atoms with Gasteiger partial charge < -0.3 is 20.6 Å². The largest absolute Gasteiger partial charge is 0.390 e. The minimum atomic E-state index is -1.01. The van der Waals surface area contributed by atoms with Crippen molar-refractivity contribution in [2.45, 2.75) is 32.0 Å². The van der Waals surface area contributed by atoms with Crippen molar-refractivity contribution in [1.29, 1.82) is 0 Å². The number of benzene rings is 2. The van der Waals surface area contributed by atoms with E-state index in [1.807, 2.05) is 31.2 Å². The van der Waals surface area contributed by atoms with E-state index in [-0.39, 0.29) is 37.9 Å². The van der Waals surface area contributed by atoms with E-state index < -0.39 is 23.8 Å². The van der Waals surface area contributed by atoms with Crippen LogP contribution in [0, 0.1) is 15.2 Å². The van der Waals surface area contributed by atoms with Crippen LogP contribution in [-0.2, 0) is 22.6 Å². The molecule has 0 saturated carbocycles. The Morgan fingerprint density at radius 3 is 2.54 bits per heavy atom. The third kappa shape index (κ3) is 8.78. The van der Waals surface area contributed by atoms with Gasteiger partial charge >= 0.3 is 0 Å². The highest BCUT2D eigenvalue weighted by molar-refractivity contribution is 14.1. The SMILES string of the molecule is CCN1CCN(CC(=O)N[C@@H](Cc2cc(F)cc(F)c2)[C@@H](O)CNCc2cccc(I)c2)CC1=O. The Morgan fingerprint density at radius 1 is 1.14 bits per heavy atom. The van der Waals surface area contributed by atoms with Crippen molar-refractivity contribution in [3.05, 3.63) is 68.8 Å². The van der Waals surface area contributed by atoms with Gasteiger partial charge in [0.1, 0.15) is 11.6 Å². The van der Waals surface area contributed by atoms with Gasteiger partial charge in [-0.15, -0.1) is 0 Å². The Balaban J connectivity index is 1.62. The molecule has 0 unspecified atom stereocenters. The van der Waals surface area contributed by atoms with Gasteiger partial charge in [0.2, 0.25) is 11.8 Å². The van der Waals surface area contributed by atoms with Crippen LogP contribution in [0.2, 0.25) is 0 Å². The molecule has 0 aromatic heterocycles. The van der Waals surface area contributed by atoms with Crippen LogP contribution in [0.15, 0.2) is 42.5 Å². The fourth-order valence-corrected chi connectivity index (χ4v) is 4.71. The predicted molar refractivity (Wildman–Crippen MR) is 138 cm³/mol. The highest BCUT2D eigenvalue weighted by atomic mass is 127. The van der Waals surface area contributed by atoms with Crippen molar-refractivity contribution in [2.24, 2.45) is 0 Å². The summed E-state index contributed by atoms with van der Waals surface area (Å²) in [4.78, 5) is 28.4. The molecule has 0 aliphatic carbocycles. The lowest BCUT2D eigenvalue weighted by atomic mass is 10.0. The fourth-order valence-electron chi connectivity index (χ4n) is 4.10. The van der Waals surface area contributed by atoms with Gasteiger partial charge in [0.05, 0.1) is 25.2 Å². The number of carbonyl (C=O) groups excluding carboxylic acids is 2. The Morgan fingerprint density at radius 2 is 1.89 bits per heavy atom. The van der Waals surface area contributed by atoms with Crippen LogP contribution in [-0.4, -0.2) is 78.1 Å². The van der Waals surface area contributed by atoms with Crippen molar-refractivity contribution in [1.82, 2.24) is 20.4 Å². The molecule has 10 heteroatoms. The summed E-state index contributed by atoms with van der Waals surface area (Å²) in [5, 5.41) is 16.8. The van der Waals surface area contributed by atoms with Crippen LogP contribution in [0.5, 0.6) is 0 Å². The van der Waals surface area contributed by atoms with Crippen molar-refractivity contribution < 1.29 is 23.5 Å². The van der Waals surface area contributed by atoms with Crippen LogP contribution in [0.1, 0.15) is 18.1 Å². The van der Waals surface area contributed by atoms with E-state index in [0.29, 0.717) is 31.7 Å². The van der Waals surface area contributed by atoms with E-state index in [0.717, 1.165) is 15.2 Å². The number of likely N-dealkylation sites (N-methyl/N-ethyl adjacent to an activating group) is 1. The molecule has 1 saturated heterocycles. The Bertz CT molecular complexity index is 1010. The maximum absolute atomic E-state index is 13.7. The first-order valence-corrected chi connectivity index (χ1v) is 12.7. The van der Waals surface area contributed by atoms with Crippen LogP contribution in [0.25, 0.3) is 0 Å². The zero-order valence-corrected chi connectivity index (χ0v) is 21.8. The van der Waals surface area contributed by atoms with Crippen molar-refractivity contribution in [3.8, 4) is 0 Å². The van der Waals surface area contributed by atoms with E-state index in [1.54, 1.807) is 9.80 Å². The summed E-state index contributed by atoms with van der Waals surface area (Å²) in [5.41, 5.74) is 1.38. The van der Waals surface area contributed by atoms with Gasteiger partial charge in [0, 0.05) is 42.4 Å². The highest BCUT2D eigenvalue weighted by Crippen LogP contribution is 2.13. The van der Waals surface area contributed by atoms with Crippen LogP contribution in [0.4, 0.5) is 8.78 Å². The maximum atomic E-state index is 13.7. The lowest BCUT2D eigenvalue weighted by Gasteiger charge is -2.33. The Labute approximate surface area is 218 Å². The van der Waals surface area contributed by atoms with Crippen LogP contribution in [0.3, 0.4) is 0 Å². The van der Waals surface area contributed by atoms with E-state index >= 15 is 0 Å². The zero-order chi connectivity index (χ0) is 25.4. The number of amides is 2. The maximum Gasteiger partial charge on any atom is 0.236 e. The molecule has 2 atom stereocenters. The summed E-state index contributed by atoms with van der Waals surface area (Å²) >= 11 is 2.23. The zero-order valence-electron chi connectivity index (χ0n) is 19.6. The lowest BCUT2D eigenvalue weighted by molar-refractivity contribution is -0.137. The monoisotopic (exact) mass is 600 g/mol. The molecular weight excluding hydrogens is 569 g/mol. The highest BCUT2D eigenvalue weighted by Gasteiger charge is 2.27. The van der Waals surface area contributed by atoms with Crippen molar-refractivity contribution in [3.63, 3.8) is 0 Å². The number of carbonyl (C=O) groups is 2. The first-order chi connectivity index (χ1) is 16.7. The van der Waals surface area contributed by atoms with Crippen LogP contribution < -0.4 is 10.6 Å². The van der Waals surface area contributed by atoms with Gasteiger partial charge in [-0.1, -0.05) is 12.1 Å². The second-order valence-corrected chi connectivity index (χ2v) is 9.91. The second kappa shape index (κ2) is 13.2. The molecule has 1 heterocycles. The van der Waals surface area contributed by atoms with Gasteiger partial charge in [0.25, 0.3) is 0 Å². The van der Waals surface area contributed by atoms with Crippen molar-refractivity contribution in [2.75, 3.05) is 39.3 Å². The van der Waals surface area contributed by atoms with Gasteiger partial charge in [-0.3, -0.25) is 14.5 Å². The van der Waals surface area contributed by atoms with Gasteiger partial charge in [-0.25, -0.2) is 8.78 Å². The minimum absolute atomic E-state index is 0.0000923. The Hall–Kier alpha value is -2.15. The fraction of sp³-hybridized carbons (Fsp3) is 0.440. The number of aliphatic hydroxyl groups is 1. The predicted octanol–water partition coefficient (Wildman–Crippen LogP) is 1.91. The molecule has 190 valence electrons. The number of hydrogen-bond donors (Lipinski definition) is 3. The number of aliphatic hydroxyl groups excluding tert-OH is 1. The molecule has 0 bridgehead atoms. The molecule has 3 N–H and O–H groups in total. The van der Waals surface area contributed by atoms with Crippen LogP contribution >= 0.6 is 22.6 Å². The first-order valence-electron chi connectivity index (χ1n) is 11.6. The summed E-state index contributed by atoms with van der Waals surface area (Å²) < 4.78 is 28.5. The molecule has 0 spiro atoms. The van der Waals surface area contributed by atoms with Gasteiger partial charge in [-0.05, 0) is 71.3 Å². The molecule has 2 aromatic rings. The third-order valence-electron chi connectivity index (χ3n) is 5.91. The van der Waals surface area contributed by atoms with E-state index in [4.69, 9.17) is 0 Å². The van der Waals surface area contributed by atoms with E-state index in [2.05, 4.69) is 33.2 Å². The topological polar surface area (TPSA) is 84.9 Å². The van der Waals surface area contributed by atoms with E-state index in [9.17, 15) is 23.5 Å². The molecule has 1 aliphatic rings. The molecule has 2 aromatic carbocycles. The number of rotatable bonds is 11. The first kappa shape index (κ1) is 27.4. The van der Waals surface area contributed by atoms with E-state index in [1.165, 1.54) is 12.1 Å². The number of nitrogens with one attached hydrogen (secondary N) is 2. The molecule has 35 heavy (non-hydrogen) atoms. The molecule has 1 fully saturated rings. The summed E-state index contributed by atoms with van der Waals surface area (Å²) in [6.07, 6.45) is -0.957. The average molecular weight is 600 g/mol. The summed E-state index contributed by atoms with van der Waals surface area (Å²) in [6.45, 7) is 4.52. The molecular formula is C25H31F2IN4O3. The number of piperazine rings is 1. The minimum Gasteiger partial charge on any atom is -0.390 e. The molecule has 3 rings (SSSR count).